The van der Waals surface area contributed by atoms with Crippen LogP contribution in [0.25, 0.3) is 22.3 Å². The van der Waals surface area contributed by atoms with Crippen molar-refractivity contribution < 1.29 is 0 Å². The number of anilines is 1. The monoisotopic (exact) mass is 335 g/mol. The van der Waals surface area contributed by atoms with E-state index in [9.17, 15) is 0 Å². The first-order valence-corrected chi connectivity index (χ1v) is 8.88. The van der Waals surface area contributed by atoms with Gasteiger partial charge >= 0.3 is 0 Å². The Labute approximate surface area is 154 Å². The SMILES string of the molecule is Nc1ccccc1Cc1ccc(-c2cccc(-c3ccccc3)c2)cc1. The third-order valence-corrected chi connectivity index (χ3v) is 4.71. The first-order valence-electron chi connectivity index (χ1n) is 8.88. The molecule has 4 aromatic carbocycles. The molecular weight excluding hydrogens is 314 g/mol. The van der Waals surface area contributed by atoms with Gasteiger partial charge in [-0.15, -0.1) is 0 Å². The molecule has 0 aliphatic heterocycles. The van der Waals surface area contributed by atoms with E-state index in [1.165, 1.54) is 33.4 Å². The summed E-state index contributed by atoms with van der Waals surface area (Å²) in [5.41, 5.74) is 14.3. The van der Waals surface area contributed by atoms with Crippen LogP contribution in [-0.2, 0) is 6.42 Å². The van der Waals surface area contributed by atoms with Crippen LogP contribution in [0.1, 0.15) is 11.1 Å². The number of para-hydroxylation sites is 1. The van der Waals surface area contributed by atoms with Crippen molar-refractivity contribution in [3.8, 4) is 22.3 Å². The summed E-state index contributed by atoms with van der Waals surface area (Å²) in [4.78, 5) is 0. The van der Waals surface area contributed by atoms with E-state index in [-0.39, 0.29) is 0 Å². The quantitative estimate of drug-likeness (QED) is 0.442. The van der Waals surface area contributed by atoms with Gasteiger partial charge in [-0.05, 0) is 51.9 Å². The maximum Gasteiger partial charge on any atom is 0.0349 e. The molecule has 0 fully saturated rings. The minimum Gasteiger partial charge on any atom is -0.398 e. The predicted molar refractivity (Wildman–Crippen MR) is 111 cm³/mol. The average Bonchev–Trinajstić information content (AvgIpc) is 2.71. The zero-order valence-electron chi connectivity index (χ0n) is 14.6. The van der Waals surface area contributed by atoms with E-state index in [1.54, 1.807) is 0 Å². The lowest BCUT2D eigenvalue weighted by atomic mass is 9.97. The fraction of sp³-hybridized carbons (Fsp3) is 0.0400. The zero-order chi connectivity index (χ0) is 17.8. The summed E-state index contributed by atoms with van der Waals surface area (Å²) < 4.78 is 0. The van der Waals surface area contributed by atoms with E-state index >= 15 is 0 Å². The van der Waals surface area contributed by atoms with Crippen LogP contribution >= 0.6 is 0 Å². The molecule has 4 aromatic rings. The summed E-state index contributed by atoms with van der Waals surface area (Å²) in [6.07, 6.45) is 0.858. The van der Waals surface area contributed by atoms with Crippen molar-refractivity contribution in [1.29, 1.82) is 0 Å². The number of hydrogen-bond acceptors (Lipinski definition) is 1. The fourth-order valence-corrected chi connectivity index (χ4v) is 3.24. The molecule has 0 saturated heterocycles. The minimum atomic E-state index is 0.854. The number of nitrogens with two attached hydrogens (primary N) is 1. The largest absolute Gasteiger partial charge is 0.398 e. The molecule has 26 heavy (non-hydrogen) atoms. The third-order valence-electron chi connectivity index (χ3n) is 4.71. The second kappa shape index (κ2) is 7.28. The third kappa shape index (κ3) is 3.52. The predicted octanol–water partition coefficient (Wildman–Crippen LogP) is 6.19. The van der Waals surface area contributed by atoms with E-state index in [1.807, 2.05) is 24.3 Å². The molecule has 0 bridgehead atoms. The van der Waals surface area contributed by atoms with Crippen LogP contribution < -0.4 is 5.73 Å². The Balaban J connectivity index is 1.58. The van der Waals surface area contributed by atoms with Gasteiger partial charge in [-0.2, -0.15) is 0 Å². The summed E-state index contributed by atoms with van der Waals surface area (Å²) in [6, 6.07) is 36.0. The zero-order valence-corrected chi connectivity index (χ0v) is 14.6. The van der Waals surface area contributed by atoms with Gasteiger partial charge in [0, 0.05) is 5.69 Å². The number of benzene rings is 4. The van der Waals surface area contributed by atoms with E-state index < -0.39 is 0 Å². The highest BCUT2D eigenvalue weighted by Crippen LogP contribution is 2.27. The van der Waals surface area contributed by atoms with Gasteiger partial charge in [-0.25, -0.2) is 0 Å². The Bertz CT molecular complexity index is 1000. The average molecular weight is 335 g/mol. The van der Waals surface area contributed by atoms with Gasteiger partial charge in [0.05, 0.1) is 0 Å². The van der Waals surface area contributed by atoms with E-state index in [0.29, 0.717) is 0 Å². The van der Waals surface area contributed by atoms with Crippen molar-refractivity contribution in [2.75, 3.05) is 5.73 Å². The van der Waals surface area contributed by atoms with Crippen molar-refractivity contribution in [2.24, 2.45) is 0 Å². The van der Waals surface area contributed by atoms with Crippen LogP contribution in [0, 0.1) is 0 Å². The van der Waals surface area contributed by atoms with Crippen LogP contribution in [0.3, 0.4) is 0 Å². The second-order valence-electron chi connectivity index (χ2n) is 6.52. The smallest absolute Gasteiger partial charge is 0.0349 e. The standard InChI is InChI=1S/C25H21N/c26-25-12-5-4-9-24(25)17-19-13-15-21(16-14-19)23-11-6-10-22(18-23)20-7-2-1-3-8-20/h1-16,18H,17,26H2. The molecule has 0 aliphatic rings. The molecule has 0 aromatic heterocycles. The van der Waals surface area contributed by atoms with Crippen LogP contribution in [0.15, 0.2) is 103 Å². The molecule has 0 spiro atoms. The summed E-state index contributed by atoms with van der Waals surface area (Å²) in [5, 5.41) is 0. The Kier molecular flexibility index (Phi) is 4.53. The molecule has 0 saturated carbocycles. The van der Waals surface area contributed by atoms with Gasteiger partial charge in [-0.3, -0.25) is 0 Å². The van der Waals surface area contributed by atoms with Gasteiger partial charge < -0.3 is 5.73 Å². The topological polar surface area (TPSA) is 26.0 Å². The Morgan fingerprint density at radius 2 is 1.08 bits per heavy atom. The fourth-order valence-electron chi connectivity index (χ4n) is 3.24. The van der Waals surface area contributed by atoms with Gasteiger partial charge in [0.15, 0.2) is 0 Å². The molecule has 2 N–H and O–H groups in total. The lowest BCUT2D eigenvalue weighted by Gasteiger charge is -2.08. The van der Waals surface area contributed by atoms with Gasteiger partial charge in [0.25, 0.3) is 0 Å². The van der Waals surface area contributed by atoms with E-state index in [0.717, 1.165) is 12.1 Å². The molecule has 0 atom stereocenters. The summed E-state index contributed by atoms with van der Waals surface area (Å²) in [6.45, 7) is 0. The van der Waals surface area contributed by atoms with Gasteiger partial charge in [0.1, 0.15) is 0 Å². The van der Waals surface area contributed by atoms with Crippen LogP contribution in [-0.4, -0.2) is 0 Å². The molecule has 0 unspecified atom stereocenters. The second-order valence-corrected chi connectivity index (χ2v) is 6.52. The maximum atomic E-state index is 6.06. The molecule has 0 aliphatic carbocycles. The van der Waals surface area contributed by atoms with E-state index in [2.05, 4.69) is 78.9 Å². The van der Waals surface area contributed by atoms with Crippen LogP contribution in [0.2, 0.25) is 0 Å². The van der Waals surface area contributed by atoms with Gasteiger partial charge in [0.2, 0.25) is 0 Å². The van der Waals surface area contributed by atoms with E-state index in [4.69, 9.17) is 5.73 Å². The van der Waals surface area contributed by atoms with Crippen molar-refractivity contribution in [2.45, 2.75) is 6.42 Å². The lowest BCUT2D eigenvalue weighted by molar-refractivity contribution is 1.20. The van der Waals surface area contributed by atoms with Crippen molar-refractivity contribution in [1.82, 2.24) is 0 Å². The Morgan fingerprint density at radius 3 is 1.77 bits per heavy atom. The summed E-state index contributed by atoms with van der Waals surface area (Å²) in [5.74, 6) is 0. The molecule has 0 radical (unpaired) electrons. The maximum absolute atomic E-state index is 6.06. The Morgan fingerprint density at radius 1 is 0.500 bits per heavy atom. The highest BCUT2D eigenvalue weighted by molar-refractivity contribution is 5.73. The normalized spacial score (nSPS) is 10.6. The molecule has 126 valence electrons. The minimum absolute atomic E-state index is 0.854. The lowest BCUT2D eigenvalue weighted by Crippen LogP contribution is -1.95. The van der Waals surface area contributed by atoms with Crippen molar-refractivity contribution in [3.63, 3.8) is 0 Å². The van der Waals surface area contributed by atoms with Crippen molar-refractivity contribution in [3.05, 3.63) is 114 Å². The first-order chi connectivity index (χ1) is 12.8. The summed E-state index contributed by atoms with van der Waals surface area (Å²) >= 11 is 0. The van der Waals surface area contributed by atoms with Crippen molar-refractivity contribution >= 4 is 5.69 Å². The van der Waals surface area contributed by atoms with Gasteiger partial charge in [-0.1, -0.05) is 91.0 Å². The molecule has 0 heterocycles. The molecule has 4 rings (SSSR count). The highest BCUT2D eigenvalue weighted by Gasteiger charge is 2.03. The van der Waals surface area contributed by atoms with Crippen LogP contribution in [0.4, 0.5) is 5.69 Å². The Hall–Kier alpha value is -3.32. The highest BCUT2D eigenvalue weighted by atomic mass is 14.6. The number of rotatable bonds is 4. The first kappa shape index (κ1) is 16.2. The van der Waals surface area contributed by atoms with Crippen LogP contribution in [0.5, 0.6) is 0 Å². The molecule has 0 amide bonds. The summed E-state index contributed by atoms with van der Waals surface area (Å²) in [7, 11) is 0. The number of nitrogen functional groups attached to an aromatic ring is 1. The molecule has 1 nitrogen and oxygen atoms in total. The molecular formula is C25H21N. The number of hydrogen-bond donors (Lipinski definition) is 1. The molecule has 1 heteroatoms.